The number of rotatable bonds is 5. The van der Waals surface area contributed by atoms with Gasteiger partial charge in [-0.05, 0) is 6.07 Å². The summed E-state index contributed by atoms with van der Waals surface area (Å²) in [6, 6.07) is 4.91. The van der Waals surface area contributed by atoms with E-state index in [1.807, 2.05) is 0 Å². The predicted molar refractivity (Wildman–Crippen MR) is 73.0 cm³/mol. The molecule has 4 N–H and O–H groups in total. The van der Waals surface area contributed by atoms with E-state index < -0.39 is 22.4 Å². The van der Waals surface area contributed by atoms with E-state index in [-0.39, 0.29) is 16.9 Å². The number of nitrogens with one attached hydrogen (secondary N) is 2. The van der Waals surface area contributed by atoms with E-state index in [4.69, 9.17) is 16.4 Å². The van der Waals surface area contributed by atoms with E-state index in [1.54, 1.807) is 6.07 Å². The van der Waals surface area contributed by atoms with Gasteiger partial charge in [-0.15, -0.1) is 0 Å². The number of nitriles is 1. The van der Waals surface area contributed by atoms with Crippen molar-refractivity contribution in [1.82, 2.24) is 0 Å². The van der Waals surface area contributed by atoms with Gasteiger partial charge in [-0.1, -0.05) is 0 Å². The molecule has 0 radical (unpaired) electrons. The lowest BCUT2D eigenvalue weighted by atomic mass is 10.1. The van der Waals surface area contributed by atoms with Gasteiger partial charge in [-0.3, -0.25) is 20.9 Å². The quantitative estimate of drug-likeness (QED) is 0.234. The molecule has 0 aliphatic heterocycles. The van der Waals surface area contributed by atoms with Crippen molar-refractivity contribution in [3.05, 3.63) is 33.9 Å². The second kappa shape index (κ2) is 6.62. The van der Waals surface area contributed by atoms with Crippen molar-refractivity contribution in [2.75, 3.05) is 12.5 Å². The van der Waals surface area contributed by atoms with Gasteiger partial charge in [0.2, 0.25) is 5.71 Å². The molecule has 0 amide bonds. The normalized spacial score (nSPS) is 10.4. The van der Waals surface area contributed by atoms with Crippen LogP contribution in [0.2, 0.25) is 0 Å². The SMILES string of the molecule is COC(=O)c1ccc([N+](=O)[O-])cc1N/N=C(\C#N)C(=N)N. The third-order valence-corrected chi connectivity index (χ3v) is 2.27. The Labute approximate surface area is 118 Å². The summed E-state index contributed by atoms with van der Waals surface area (Å²) >= 11 is 0. The summed E-state index contributed by atoms with van der Waals surface area (Å²) in [4.78, 5) is 21.6. The number of amidine groups is 1. The number of ether oxygens (including phenoxy) is 1. The van der Waals surface area contributed by atoms with Crippen molar-refractivity contribution < 1.29 is 14.5 Å². The van der Waals surface area contributed by atoms with Crippen molar-refractivity contribution >= 4 is 28.9 Å². The fourth-order valence-electron chi connectivity index (χ4n) is 1.29. The lowest BCUT2D eigenvalue weighted by Gasteiger charge is -2.07. The first-order valence-electron chi connectivity index (χ1n) is 5.35. The number of nitrogens with zero attached hydrogens (tertiary/aromatic N) is 3. The molecule has 0 fully saturated rings. The summed E-state index contributed by atoms with van der Waals surface area (Å²) in [5.41, 5.74) is 6.60. The number of carbonyl (C=O) groups excluding carboxylic acids is 1. The number of nitro benzene ring substituents is 1. The first kappa shape index (κ1) is 15.6. The number of anilines is 1. The first-order chi connectivity index (χ1) is 9.90. The van der Waals surface area contributed by atoms with Crippen LogP contribution in [0.3, 0.4) is 0 Å². The Morgan fingerprint density at radius 2 is 2.29 bits per heavy atom. The number of benzene rings is 1. The van der Waals surface area contributed by atoms with Crippen molar-refractivity contribution in [2.24, 2.45) is 10.8 Å². The van der Waals surface area contributed by atoms with Crippen LogP contribution in [0.5, 0.6) is 0 Å². The van der Waals surface area contributed by atoms with Gasteiger partial charge < -0.3 is 10.5 Å². The molecule has 0 aliphatic rings. The van der Waals surface area contributed by atoms with Crippen LogP contribution in [0.4, 0.5) is 11.4 Å². The highest BCUT2D eigenvalue weighted by atomic mass is 16.6. The topological polar surface area (TPSA) is 167 Å². The minimum atomic E-state index is -0.746. The number of methoxy groups -OCH3 is 1. The molecule has 0 heterocycles. The highest BCUT2D eigenvalue weighted by Gasteiger charge is 2.16. The molecule has 0 atom stereocenters. The van der Waals surface area contributed by atoms with Gasteiger partial charge in [0.1, 0.15) is 6.07 Å². The fourth-order valence-corrected chi connectivity index (χ4v) is 1.29. The minimum absolute atomic E-state index is 0.0207. The van der Waals surface area contributed by atoms with Crippen LogP contribution < -0.4 is 11.2 Å². The van der Waals surface area contributed by atoms with Crippen molar-refractivity contribution in [3.63, 3.8) is 0 Å². The molecule has 1 rings (SSSR count). The standard InChI is InChI=1S/C11H10N6O4/c1-21-11(18)7-3-2-6(17(19)20)4-8(7)15-16-9(5-12)10(13)14/h2-4,15H,1H3,(H3,13,14)/b16-9+. The maximum absolute atomic E-state index is 11.6. The zero-order valence-electron chi connectivity index (χ0n) is 10.8. The van der Waals surface area contributed by atoms with Crippen LogP contribution in [-0.4, -0.2) is 29.5 Å². The molecule has 0 aromatic heterocycles. The Hall–Kier alpha value is -3.48. The van der Waals surface area contributed by atoms with Gasteiger partial charge in [-0.25, -0.2) is 4.79 Å². The van der Waals surface area contributed by atoms with E-state index in [2.05, 4.69) is 15.3 Å². The highest BCUT2D eigenvalue weighted by molar-refractivity contribution is 6.45. The summed E-state index contributed by atoms with van der Waals surface area (Å²) < 4.78 is 4.53. The average Bonchev–Trinajstić information content (AvgIpc) is 2.46. The maximum Gasteiger partial charge on any atom is 0.340 e. The predicted octanol–water partition coefficient (Wildman–Crippen LogP) is 0.609. The molecule has 0 saturated carbocycles. The summed E-state index contributed by atoms with van der Waals surface area (Å²) in [5, 5.41) is 30.0. The van der Waals surface area contributed by atoms with E-state index >= 15 is 0 Å². The Morgan fingerprint density at radius 1 is 1.62 bits per heavy atom. The molecule has 0 bridgehead atoms. The number of nitro groups is 1. The monoisotopic (exact) mass is 290 g/mol. The van der Waals surface area contributed by atoms with Crippen molar-refractivity contribution in [1.29, 1.82) is 10.7 Å². The van der Waals surface area contributed by atoms with Gasteiger partial charge in [0.05, 0.1) is 23.3 Å². The van der Waals surface area contributed by atoms with Crippen LogP contribution in [0.15, 0.2) is 23.3 Å². The second-order valence-electron chi connectivity index (χ2n) is 3.58. The van der Waals surface area contributed by atoms with Gasteiger partial charge in [0.15, 0.2) is 5.84 Å². The third-order valence-electron chi connectivity index (χ3n) is 2.27. The molecular weight excluding hydrogens is 280 g/mol. The van der Waals surface area contributed by atoms with E-state index in [1.165, 1.54) is 6.07 Å². The lowest BCUT2D eigenvalue weighted by molar-refractivity contribution is -0.384. The number of carbonyl (C=O) groups is 1. The Balaban J connectivity index is 3.27. The van der Waals surface area contributed by atoms with Crippen molar-refractivity contribution in [3.8, 4) is 6.07 Å². The van der Waals surface area contributed by atoms with Gasteiger partial charge in [0.25, 0.3) is 5.69 Å². The highest BCUT2D eigenvalue weighted by Crippen LogP contribution is 2.23. The number of hydrogen-bond donors (Lipinski definition) is 3. The minimum Gasteiger partial charge on any atom is -0.465 e. The largest absolute Gasteiger partial charge is 0.465 e. The third kappa shape index (κ3) is 3.74. The average molecular weight is 290 g/mol. The Bertz CT molecular complexity index is 676. The van der Waals surface area contributed by atoms with Crippen LogP contribution in [-0.2, 0) is 4.74 Å². The molecule has 0 saturated heterocycles. The molecular formula is C11H10N6O4. The van der Waals surface area contributed by atoms with Crippen LogP contribution >= 0.6 is 0 Å². The number of hydrazone groups is 1. The van der Waals surface area contributed by atoms with Crippen LogP contribution in [0.25, 0.3) is 0 Å². The lowest BCUT2D eigenvalue weighted by Crippen LogP contribution is -2.22. The molecule has 0 aliphatic carbocycles. The molecule has 0 spiro atoms. The Kier molecular flexibility index (Phi) is 4.91. The van der Waals surface area contributed by atoms with E-state index in [9.17, 15) is 14.9 Å². The van der Waals surface area contributed by atoms with Crippen LogP contribution in [0.1, 0.15) is 10.4 Å². The van der Waals surface area contributed by atoms with E-state index in [0.717, 1.165) is 19.2 Å². The molecule has 0 unspecified atom stereocenters. The zero-order valence-corrected chi connectivity index (χ0v) is 10.8. The second-order valence-corrected chi connectivity index (χ2v) is 3.58. The Morgan fingerprint density at radius 3 is 2.76 bits per heavy atom. The molecule has 1 aromatic carbocycles. The van der Waals surface area contributed by atoms with Crippen molar-refractivity contribution in [2.45, 2.75) is 0 Å². The fraction of sp³-hybridized carbons (Fsp3) is 0.0909. The van der Waals surface area contributed by atoms with Gasteiger partial charge in [0, 0.05) is 12.1 Å². The summed E-state index contributed by atoms with van der Waals surface area (Å²) in [6.07, 6.45) is 0. The summed E-state index contributed by atoms with van der Waals surface area (Å²) in [7, 11) is 1.15. The van der Waals surface area contributed by atoms with Gasteiger partial charge >= 0.3 is 5.97 Å². The molecule has 1 aromatic rings. The number of nitrogens with two attached hydrogens (primary N) is 1. The maximum atomic E-state index is 11.6. The molecule has 10 nitrogen and oxygen atoms in total. The van der Waals surface area contributed by atoms with E-state index in [0.29, 0.717) is 0 Å². The molecule has 21 heavy (non-hydrogen) atoms. The van der Waals surface area contributed by atoms with Crippen LogP contribution in [0, 0.1) is 26.9 Å². The zero-order chi connectivity index (χ0) is 16.0. The first-order valence-corrected chi connectivity index (χ1v) is 5.35. The number of non-ortho nitro benzene ring substituents is 1. The number of esters is 1. The number of hydrogen-bond acceptors (Lipinski definition) is 8. The summed E-state index contributed by atoms with van der Waals surface area (Å²) in [5.74, 6) is -1.33. The molecule has 10 heteroatoms. The summed E-state index contributed by atoms with van der Waals surface area (Å²) in [6.45, 7) is 0. The molecule has 108 valence electrons. The van der Waals surface area contributed by atoms with Gasteiger partial charge in [-0.2, -0.15) is 10.4 Å². The smallest absolute Gasteiger partial charge is 0.340 e.